The van der Waals surface area contributed by atoms with Crippen LogP contribution in [-0.2, 0) is 6.54 Å². The van der Waals surface area contributed by atoms with Crippen LogP contribution < -0.4 is 17.0 Å². The highest BCUT2D eigenvalue weighted by atomic mass is 35.5. The molecule has 3 heteroatoms. The lowest BCUT2D eigenvalue weighted by molar-refractivity contribution is -0.663. The van der Waals surface area contributed by atoms with E-state index in [1.807, 2.05) is 30.7 Å². The number of aromatic nitrogens is 2. The van der Waals surface area contributed by atoms with Gasteiger partial charge in [-0.2, -0.15) is 0 Å². The summed E-state index contributed by atoms with van der Waals surface area (Å²) in [6.45, 7) is 4.51. The van der Waals surface area contributed by atoms with Crippen molar-refractivity contribution in [1.82, 2.24) is 4.98 Å². The van der Waals surface area contributed by atoms with Gasteiger partial charge in [-0.3, -0.25) is 0 Å². The van der Waals surface area contributed by atoms with Gasteiger partial charge in [0.15, 0.2) is 6.20 Å². The molecule has 2 rings (SSSR count). The molecule has 0 N–H and O–H groups in total. The molecule has 2 nitrogen and oxygen atoms in total. The summed E-state index contributed by atoms with van der Waals surface area (Å²) in [5, 5.41) is 1.16. The average molecular weight is 207 g/mol. The van der Waals surface area contributed by atoms with Gasteiger partial charge in [-0.1, -0.05) is 29.8 Å². The lowest BCUT2D eigenvalue weighted by Crippen LogP contribution is -3.00. The van der Waals surface area contributed by atoms with Gasteiger partial charge in [0.2, 0.25) is 0 Å². The third-order valence-corrected chi connectivity index (χ3v) is 1.99. The molecule has 0 amide bonds. The summed E-state index contributed by atoms with van der Waals surface area (Å²) in [6, 6.07) is 8.19. The van der Waals surface area contributed by atoms with Crippen LogP contribution in [0, 0.1) is 0 Å². The second-order valence-corrected chi connectivity index (χ2v) is 2.89. The van der Waals surface area contributed by atoms with Gasteiger partial charge < -0.3 is 12.4 Å². The minimum atomic E-state index is 0. The Bertz CT molecular complexity index is 435. The predicted molar refractivity (Wildman–Crippen MR) is 52.1 cm³/mol. The number of halogens is 1. The SMILES string of the molecule is C=CC[n+]1cncc2ccccc21.[Cl-]. The zero-order chi connectivity index (χ0) is 9.10. The predicted octanol–water partition coefficient (Wildman–Crippen LogP) is -1.29. The zero-order valence-corrected chi connectivity index (χ0v) is 8.48. The third-order valence-electron chi connectivity index (χ3n) is 1.99. The number of para-hydroxylation sites is 1. The van der Waals surface area contributed by atoms with Gasteiger partial charge >= 0.3 is 0 Å². The number of rotatable bonds is 2. The van der Waals surface area contributed by atoms with Gasteiger partial charge in [0.25, 0.3) is 6.33 Å². The van der Waals surface area contributed by atoms with Crippen LogP contribution in [0.5, 0.6) is 0 Å². The minimum absolute atomic E-state index is 0. The summed E-state index contributed by atoms with van der Waals surface area (Å²) in [6.07, 6.45) is 5.56. The fraction of sp³-hybridized carbons (Fsp3) is 0.0909. The summed E-state index contributed by atoms with van der Waals surface area (Å²) in [5.41, 5.74) is 1.19. The summed E-state index contributed by atoms with van der Waals surface area (Å²) in [4.78, 5) is 4.15. The van der Waals surface area contributed by atoms with Crippen LogP contribution in [0.1, 0.15) is 0 Å². The first-order valence-corrected chi connectivity index (χ1v) is 4.25. The van der Waals surface area contributed by atoms with E-state index in [4.69, 9.17) is 0 Å². The van der Waals surface area contributed by atoms with Crippen LogP contribution in [0.25, 0.3) is 10.9 Å². The molecule has 1 aromatic heterocycles. The van der Waals surface area contributed by atoms with E-state index in [0.717, 1.165) is 11.9 Å². The zero-order valence-electron chi connectivity index (χ0n) is 7.73. The number of hydrogen-bond donors (Lipinski definition) is 0. The van der Waals surface area contributed by atoms with Crippen molar-refractivity contribution < 1.29 is 17.0 Å². The second-order valence-electron chi connectivity index (χ2n) is 2.89. The van der Waals surface area contributed by atoms with E-state index in [1.165, 1.54) is 5.52 Å². The first kappa shape index (κ1) is 10.7. The number of allylic oxidation sites excluding steroid dienone is 1. The van der Waals surface area contributed by atoms with Gasteiger partial charge in [-0.25, -0.2) is 4.57 Å². The van der Waals surface area contributed by atoms with Crippen LogP contribution >= 0.6 is 0 Å². The van der Waals surface area contributed by atoms with Crippen molar-refractivity contribution in [3.8, 4) is 0 Å². The summed E-state index contributed by atoms with van der Waals surface area (Å²) >= 11 is 0. The van der Waals surface area contributed by atoms with Gasteiger partial charge in [-0.05, 0) is 12.1 Å². The van der Waals surface area contributed by atoms with E-state index >= 15 is 0 Å². The molecule has 0 atom stereocenters. The second kappa shape index (κ2) is 4.72. The fourth-order valence-electron chi connectivity index (χ4n) is 1.40. The Morgan fingerprint density at radius 3 is 2.93 bits per heavy atom. The van der Waals surface area contributed by atoms with Crippen LogP contribution in [0.4, 0.5) is 0 Å². The van der Waals surface area contributed by atoms with Crippen molar-refractivity contribution in [2.24, 2.45) is 0 Å². The van der Waals surface area contributed by atoms with Crippen molar-refractivity contribution in [3.63, 3.8) is 0 Å². The molecule has 1 heterocycles. The summed E-state index contributed by atoms with van der Waals surface area (Å²) in [5.74, 6) is 0. The lowest BCUT2D eigenvalue weighted by atomic mass is 10.2. The number of nitrogens with zero attached hydrogens (tertiary/aromatic N) is 2. The Labute approximate surface area is 89.3 Å². The molecular formula is C11H11ClN2. The van der Waals surface area contributed by atoms with Crippen LogP contribution in [0.2, 0.25) is 0 Å². The highest BCUT2D eigenvalue weighted by molar-refractivity contribution is 5.73. The molecule has 0 radical (unpaired) electrons. The Morgan fingerprint density at radius 2 is 2.14 bits per heavy atom. The van der Waals surface area contributed by atoms with E-state index in [9.17, 15) is 0 Å². The lowest BCUT2D eigenvalue weighted by Gasteiger charge is -1.98. The van der Waals surface area contributed by atoms with Gasteiger partial charge in [-0.15, -0.1) is 0 Å². The van der Waals surface area contributed by atoms with Gasteiger partial charge in [0.05, 0.1) is 5.39 Å². The topological polar surface area (TPSA) is 16.8 Å². The molecule has 0 aliphatic rings. The Hall–Kier alpha value is -1.41. The average Bonchev–Trinajstić information content (AvgIpc) is 2.19. The molecule has 72 valence electrons. The first-order valence-electron chi connectivity index (χ1n) is 4.25. The molecule has 1 aromatic carbocycles. The Balaban J connectivity index is 0.000000980. The normalized spacial score (nSPS) is 9.43. The summed E-state index contributed by atoms with van der Waals surface area (Å²) < 4.78 is 2.07. The monoisotopic (exact) mass is 206 g/mol. The maximum atomic E-state index is 4.15. The van der Waals surface area contributed by atoms with E-state index in [0.29, 0.717) is 0 Å². The van der Waals surface area contributed by atoms with Crippen LogP contribution in [0.3, 0.4) is 0 Å². The number of fused-ring (bicyclic) bond motifs is 1. The van der Waals surface area contributed by atoms with Gasteiger partial charge in [0, 0.05) is 0 Å². The largest absolute Gasteiger partial charge is 1.00 e. The molecule has 0 aliphatic carbocycles. The molecule has 14 heavy (non-hydrogen) atoms. The fourth-order valence-corrected chi connectivity index (χ4v) is 1.40. The molecule has 0 spiro atoms. The molecule has 0 fully saturated rings. The molecule has 0 bridgehead atoms. The first-order chi connectivity index (χ1) is 6.42. The quantitative estimate of drug-likeness (QED) is 0.442. The van der Waals surface area contributed by atoms with Crippen molar-refractivity contribution in [3.05, 3.63) is 49.4 Å². The maximum absolute atomic E-state index is 4.15. The third kappa shape index (κ3) is 1.91. The maximum Gasteiger partial charge on any atom is 0.286 e. The van der Waals surface area contributed by atoms with Crippen LogP contribution in [-0.4, -0.2) is 4.98 Å². The summed E-state index contributed by atoms with van der Waals surface area (Å²) in [7, 11) is 0. The molecule has 0 saturated carbocycles. The van der Waals surface area contributed by atoms with E-state index in [-0.39, 0.29) is 12.4 Å². The Kier molecular flexibility index (Phi) is 3.60. The highest BCUT2D eigenvalue weighted by Gasteiger charge is 2.02. The Morgan fingerprint density at radius 1 is 1.36 bits per heavy atom. The minimum Gasteiger partial charge on any atom is -1.00 e. The van der Waals surface area contributed by atoms with Crippen molar-refractivity contribution in [2.75, 3.05) is 0 Å². The standard InChI is InChI=1S/C11H11N2.ClH/c1-2-7-13-9-12-8-10-5-3-4-6-11(10)13;/h2-6,8-9H,1,7H2;1H/q+1;/p-1. The van der Waals surface area contributed by atoms with Crippen molar-refractivity contribution in [1.29, 1.82) is 0 Å². The smallest absolute Gasteiger partial charge is 0.286 e. The van der Waals surface area contributed by atoms with E-state index < -0.39 is 0 Å². The molecule has 0 unspecified atom stereocenters. The van der Waals surface area contributed by atoms with E-state index in [1.54, 1.807) is 0 Å². The van der Waals surface area contributed by atoms with Crippen molar-refractivity contribution >= 4 is 10.9 Å². The highest BCUT2D eigenvalue weighted by Crippen LogP contribution is 2.05. The molecule has 2 aromatic rings. The molecule has 0 saturated heterocycles. The van der Waals surface area contributed by atoms with Crippen molar-refractivity contribution in [2.45, 2.75) is 6.54 Å². The molecular weight excluding hydrogens is 196 g/mol. The van der Waals surface area contributed by atoms with Crippen LogP contribution in [0.15, 0.2) is 49.4 Å². The van der Waals surface area contributed by atoms with Gasteiger partial charge in [0.1, 0.15) is 12.1 Å². The molecule has 0 aliphatic heterocycles. The number of benzene rings is 1. The van der Waals surface area contributed by atoms with E-state index in [2.05, 4.69) is 28.3 Å². The number of hydrogen-bond acceptors (Lipinski definition) is 1.